The van der Waals surface area contributed by atoms with E-state index in [1.807, 2.05) is 60.7 Å². The molecule has 132 valence electrons. The highest BCUT2D eigenvalue weighted by atomic mass is 32.1. The lowest BCUT2D eigenvalue weighted by Gasteiger charge is -2.01. The molecule has 0 spiro atoms. The highest BCUT2D eigenvalue weighted by Gasteiger charge is 2.15. The molecule has 0 bridgehead atoms. The van der Waals surface area contributed by atoms with Crippen LogP contribution in [0.5, 0.6) is 0 Å². The first-order valence-corrected chi connectivity index (χ1v) is 9.25. The van der Waals surface area contributed by atoms with Gasteiger partial charge in [-0.05, 0) is 30.3 Å². The summed E-state index contributed by atoms with van der Waals surface area (Å²) >= 11 is 1.58. The van der Waals surface area contributed by atoms with Crippen LogP contribution in [0.3, 0.4) is 0 Å². The summed E-state index contributed by atoms with van der Waals surface area (Å²) in [5.74, 6) is 1.12. The number of carbonyl (C=O) groups excluding carboxylic acids is 1. The number of nitrogens with zero attached hydrogens (tertiary/aromatic N) is 2. The van der Waals surface area contributed by atoms with Gasteiger partial charge >= 0.3 is 0 Å². The van der Waals surface area contributed by atoms with Crippen LogP contribution in [0, 0.1) is 0 Å². The van der Waals surface area contributed by atoms with E-state index in [4.69, 9.17) is 4.42 Å². The minimum absolute atomic E-state index is 0.245. The highest BCUT2D eigenvalue weighted by Crippen LogP contribution is 2.31. The molecule has 5 aromatic rings. The zero-order chi connectivity index (χ0) is 18.2. The lowest BCUT2D eigenvalue weighted by molar-refractivity contribution is 0.0944. The number of hydrogen-bond donors (Lipinski definition) is 2. The Kier molecular flexibility index (Phi) is 3.72. The standard InChI is InChI=1S/C20H14N4O2S/c25-19(18-13-5-1-2-6-14(13)23-24-18)21-11-12-9-10-16(26-12)20-22-15-7-3-4-8-17(15)27-20/h1-10H,11H2,(H,21,25)(H,23,24). The molecule has 27 heavy (non-hydrogen) atoms. The van der Waals surface area contributed by atoms with Crippen LogP contribution in [0.1, 0.15) is 16.2 Å². The fourth-order valence-corrected chi connectivity index (χ4v) is 3.88. The summed E-state index contributed by atoms with van der Waals surface area (Å²) in [6, 6.07) is 19.2. The van der Waals surface area contributed by atoms with E-state index in [1.54, 1.807) is 11.3 Å². The number of para-hydroxylation sites is 2. The molecular formula is C20H14N4O2S. The average molecular weight is 374 g/mol. The van der Waals surface area contributed by atoms with E-state index >= 15 is 0 Å². The minimum atomic E-state index is -0.245. The summed E-state index contributed by atoms with van der Waals surface area (Å²) in [6.07, 6.45) is 0. The molecule has 3 heterocycles. The van der Waals surface area contributed by atoms with Crippen LogP contribution in [0.2, 0.25) is 0 Å². The number of benzene rings is 2. The zero-order valence-corrected chi connectivity index (χ0v) is 14.9. The maximum absolute atomic E-state index is 12.4. The summed E-state index contributed by atoms with van der Waals surface area (Å²) in [4.78, 5) is 17.0. The van der Waals surface area contributed by atoms with Crippen LogP contribution in [0.15, 0.2) is 65.1 Å². The fourth-order valence-electron chi connectivity index (χ4n) is 2.95. The first-order valence-electron chi connectivity index (χ1n) is 8.44. The molecule has 1 amide bonds. The van der Waals surface area contributed by atoms with Gasteiger partial charge < -0.3 is 9.73 Å². The maximum atomic E-state index is 12.4. The lowest BCUT2D eigenvalue weighted by atomic mass is 10.2. The number of rotatable bonds is 4. The van der Waals surface area contributed by atoms with E-state index < -0.39 is 0 Å². The fraction of sp³-hybridized carbons (Fsp3) is 0.0500. The number of aromatic nitrogens is 3. The van der Waals surface area contributed by atoms with E-state index in [-0.39, 0.29) is 12.5 Å². The van der Waals surface area contributed by atoms with Gasteiger partial charge in [0.15, 0.2) is 16.5 Å². The van der Waals surface area contributed by atoms with Crippen LogP contribution in [0.4, 0.5) is 0 Å². The van der Waals surface area contributed by atoms with Crippen molar-refractivity contribution in [3.05, 3.63) is 72.1 Å². The van der Waals surface area contributed by atoms with Gasteiger partial charge in [-0.25, -0.2) is 4.98 Å². The molecular weight excluding hydrogens is 360 g/mol. The van der Waals surface area contributed by atoms with Crippen LogP contribution in [-0.4, -0.2) is 21.1 Å². The smallest absolute Gasteiger partial charge is 0.272 e. The maximum Gasteiger partial charge on any atom is 0.272 e. The Labute approximate surface area is 157 Å². The van der Waals surface area contributed by atoms with Crippen molar-refractivity contribution in [2.45, 2.75) is 6.54 Å². The number of hydrogen-bond acceptors (Lipinski definition) is 5. The molecule has 0 unspecified atom stereocenters. The minimum Gasteiger partial charge on any atom is -0.457 e. The Balaban J connectivity index is 1.32. The predicted molar refractivity (Wildman–Crippen MR) is 105 cm³/mol. The van der Waals surface area contributed by atoms with Crippen molar-refractivity contribution in [1.82, 2.24) is 20.5 Å². The van der Waals surface area contributed by atoms with Crippen LogP contribution >= 0.6 is 11.3 Å². The van der Waals surface area contributed by atoms with E-state index in [1.165, 1.54) is 0 Å². The second-order valence-electron chi connectivity index (χ2n) is 6.05. The van der Waals surface area contributed by atoms with Crippen LogP contribution in [0.25, 0.3) is 31.9 Å². The average Bonchev–Trinajstić information content (AvgIpc) is 3.43. The molecule has 0 radical (unpaired) electrons. The van der Waals surface area contributed by atoms with E-state index in [2.05, 4.69) is 20.5 Å². The van der Waals surface area contributed by atoms with Gasteiger partial charge in [0.1, 0.15) is 5.76 Å². The number of amides is 1. The van der Waals surface area contributed by atoms with Crippen molar-refractivity contribution in [3.63, 3.8) is 0 Å². The van der Waals surface area contributed by atoms with Gasteiger partial charge in [0.05, 0.1) is 22.3 Å². The van der Waals surface area contributed by atoms with Gasteiger partial charge in [0, 0.05) is 5.39 Å². The molecule has 2 N–H and O–H groups in total. The molecule has 0 aliphatic rings. The van der Waals surface area contributed by atoms with Crippen molar-refractivity contribution >= 4 is 38.4 Å². The number of H-pyrrole nitrogens is 1. The number of nitrogens with one attached hydrogen (secondary N) is 2. The highest BCUT2D eigenvalue weighted by molar-refractivity contribution is 7.21. The van der Waals surface area contributed by atoms with E-state index in [0.29, 0.717) is 17.2 Å². The summed E-state index contributed by atoms with van der Waals surface area (Å²) in [5.41, 5.74) is 2.16. The van der Waals surface area contributed by atoms with Crippen molar-refractivity contribution in [2.75, 3.05) is 0 Å². The molecule has 0 aliphatic carbocycles. The van der Waals surface area contributed by atoms with Crippen LogP contribution < -0.4 is 5.32 Å². The van der Waals surface area contributed by atoms with Gasteiger partial charge in [0.25, 0.3) is 5.91 Å². The van der Waals surface area contributed by atoms with Crippen molar-refractivity contribution in [1.29, 1.82) is 0 Å². The SMILES string of the molecule is O=C(NCc1ccc(-c2nc3ccccc3s2)o1)c1n[nH]c2ccccc12. The van der Waals surface area contributed by atoms with Crippen molar-refractivity contribution in [2.24, 2.45) is 0 Å². The van der Waals surface area contributed by atoms with E-state index in [9.17, 15) is 4.79 Å². The molecule has 0 aliphatic heterocycles. The summed E-state index contributed by atoms with van der Waals surface area (Å²) in [6.45, 7) is 0.283. The molecule has 5 rings (SSSR count). The second-order valence-corrected chi connectivity index (χ2v) is 7.08. The normalized spacial score (nSPS) is 11.3. The molecule has 0 saturated heterocycles. The van der Waals surface area contributed by atoms with Crippen molar-refractivity contribution in [3.8, 4) is 10.8 Å². The van der Waals surface area contributed by atoms with Gasteiger partial charge in [-0.2, -0.15) is 5.10 Å². The number of furan rings is 1. The lowest BCUT2D eigenvalue weighted by Crippen LogP contribution is -2.23. The largest absolute Gasteiger partial charge is 0.457 e. The van der Waals surface area contributed by atoms with Crippen molar-refractivity contribution < 1.29 is 9.21 Å². The summed E-state index contributed by atoms with van der Waals surface area (Å²) in [5, 5.41) is 11.4. The molecule has 0 fully saturated rings. The molecule has 2 aromatic carbocycles. The third kappa shape index (κ3) is 2.88. The number of carbonyl (C=O) groups is 1. The third-order valence-corrected chi connectivity index (χ3v) is 5.33. The summed E-state index contributed by atoms with van der Waals surface area (Å²) < 4.78 is 6.97. The third-order valence-electron chi connectivity index (χ3n) is 4.27. The topological polar surface area (TPSA) is 83.8 Å². The molecule has 7 heteroatoms. The Bertz CT molecular complexity index is 1230. The molecule has 0 atom stereocenters. The predicted octanol–water partition coefficient (Wildman–Crippen LogP) is 4.36. The van der Waals surface area contributed by atoms with Crippen LogP contribution in [-0.2, 0) is 6.54 Å². The Morgan fingerprint density at radius 3 is 2.85 bits per heavy atom. The quantitative estimate of drug-likeness (QED) is 0.489. The second kappa shape index (κ2) is 6.37. The number of aromatic amines is 1. The summed E-state index contributed by atoms with van der Waals surface area (Å²) in [7, 11) is 0. The first kappa shape index (κ1) is 15.8. The zero-order valence-electron chi connectivity index (χ0n) is 14.1. The Morgan fingerprint density at radius 1 is 1.07 bits per heavy atom. The van der Waals surface area contributed by atoms with Gasteiger partial charge in [-0.3, -0.25) is 9.89 Å². The molecule has 6 nitrogen and oxygen atoms in total. The van der Waals surface area contributed by atoms with Gasteiger partial charge in [-0.1, -0.05) is 30.3 Å². The Hall–Kier alpha value is -3.45. The Morgan fingerprint density at radius 2 is 1.93 bits per heavy atom. The monoisotopic (exact) mass is 374 g/mol. The number of fused-ring (bicyclic) bond motifs is 2. The van der Waals surface area contributed by atoms with Gasteiger partial charge in [0.2, 0.25) is 0 Å². The molecule has 0 saturated carbocycles. The van der Waals surface area contributed by atoms with E-state index in [0.717, 1.165) is 26.1 Å². The number of thiazole rings is 1. The molecule has 3 aromatic heterocycles. The first-order chi connectivity index (χ1) is 13.3. The van der Waals surface area contributed by atoms with Gasteiger partial charge in [-0.15, -0.1) is 11.3 Å².